The largest absolute Gasteiger partial charge is 0.325 e. The van der Waals surface area contributed by atoms with Crippen molar-refractivity contribution in [1.29, 1.82) is 0 Å². The highest BCUT2D eigenvalue weighted by molar-refractivity contribution is 7.07. The van der Waals surface area contributed by atoms with Gasteiger partial charge in [-0.05, 0) is 73.3 Å². The number of hydrogen-bond acceptors (Lipinski definition) is 2. The summed E-state index contributed by atoms with van der Waals surface area (Å²) in [5.74, 6) is 0.680. The lowest BCUT2D eigenvalue weighted by molar-refractivity contribution is 0.0991. The van der Waals surface area contributed by atoms with Gasteiger partial charge in [-0.1, -0.05) is 0 Å². The summed E-state index contributed by atoms with van der Waals surface area (Å²) in [5.41, 5.74) is 1.50. The molecule has 4 heterocycles. The topological polar surface area (TPSA) is 23.6 Å². The van der Waals surface area contributed by atoms with E-state index in [4.69, 9.17) is 0 Å². The van der Waals surface area contributed by atoms with E-state index in [1.54, 1.807) is 11.3 Å². The molecule has 2 bridgehead atoms. The van der Waals surface area contributed by atoms with E-state index in [1.165, 1.54) is 50.5 Å². The maximum absolute atomic E-state index is 12.9. The minimum Gasteiger partial charge on any atom is -0.325 e. The summed E-state index contributed by atoms with van der Waals surface area (Å²) in [7, 11) is 0. The van der Waals surface area contributed by atoms with Gasteiger partial charge in [0.1, 0.15) is 0 Å². The molecule has 3 nitrogen and oxygen atoms in total. The number of carbonyl (C=O) groups is 1. The van der Waals surface area contributed by atoms with Crippen molar-refractivity contribution in [3.8, 4) is 0 Å². The number of amides is 2. The molecule has 0 radical (unpaired) electrons. The molecule has 2 unspecified atom stereocenters. The van der Waals surface area contributed by atoms with Crippen LogP contribution < -0.4 is 0 Å². The van der Waals surface area contributed by atoms with Crippen LogP contribution in [0.2, 0.25) is 0 Å². The Morgan fingerprint density at radius 2 is 1.81 bits per heavy atom. The highest BCUT2D eigenvalue weighted by Crippen LogP contribution is 2.44. The number of rotatable bonds is 1. The average molecular weight is 304 g/mol. The number of nitrogens with zero attached hydrogens (tertiary/aromatic N) is 2. The molecule has 2 atom stereocenters. The summed E-state index contributed by atoms with van der Waals surface area (Å²) in [4.78, 5) is 17.2. The summed E-state index contributed by atoms with van der Waals surface area (Å²) < 4.78 is 0. The van der Waals surface area contributed by atoms with E-state index in [2.05, 4.69) is 26.6 Å². The van der Waals surface area contributed by atoms with Gasteiger partial charge in [-0.3, -0.25) is 0 Å². The first-order valence-electron chi connectivity index (χ1n) is 8.42. The smallest absolute Gasteiger partial charge is 0.320 e. The molecule has 0 spiro atoms. The lowest BCUT2D eigenvalue weighted by Crippen LogP contribution is -2.52. The molecule has 4 rings (SSSR count). The third-order valence-electron chi connectivity index (χ3n) is 5.60. The van der Waals surface area contributed by atoms with E-state index in [0.717, 1.165) is 13.1 Å². The second-order valence-corrected chi connectivity index (χ2v) is 7.63. The Morgan fingerprint density at radius 1 is 1.10 bits per heavy atom. The third kappa shape index (κ3) is 2.48. The number of urea groups is 1. The van der Waals surface area contributed by atoms with Crippen LogP contribution in [0.15, 0.2) is 16.8 Å². The zero-order valence-corrected chi connectivity index (χ0v) is 13.4. The van der Waals surface area contributed by atoms with Crippen LogP contribution in [0.25, 0.3) is 0 Å². The van der Waals surface area contributed by atoms with Crippen LogP contribution >= 0.6 is 11.3 Å². The second kappa shape index (κ2) is 5.64. The fourth-order valence-corrected chi connectivity index (χ4v) is 5.26. The Bertz CT molecular complexity index is 481. The number of fused-ring (bicyclic) bond motifs is 2. The van der Waals surface area contributed by atoms with Crippen molar-refractivity contribution in [3.05, 3.63) is 22.4 Å². The van der Waals surface area contributed by atoms with Gasteiger partial charge in [-0.25, -0.2) is 4.79 Å². The molecule has 3 aliphatic heterocycles. The second-order valence-electron chi connectivity index (χ2n) is 6.85. The van der Waals surface area contributed by atoms with Crippen LogP contribution in [0.5, 0.6) is 0 Å². The van der Waals surface area contributed by atoms with E-state index in [9.17, 15) is 4.79 Å². The van der Waals surface area contributed by atoms with E-state index < -0.39 is 0 Å². The van der Waals surface area contributed by atoms with Crippen LogP contribution in [-0.2, 0) is 0 Å². The zero-order valence-electron chi connectivity index (χ0n) is 12.5. The molecule has 2 amide bonds. The number of hydrogen-bond donors (Lipinski definition) is 0. The van der Waals surface area contributed by atoms with Crippen molar-refractivity contribution < 1.29 is 4.79 Å². The van der Waals surface area contributed by atoms with E-state index >= 15 is 0 Å². The number of carbonyl (C=O) groups excluding carboxylic acids is 1. The summed E-state index contributed by atoms with van der Waals surface area (Å²) in [6, 6.07) is 3.59. The minimum atomic E-state index is 0.339. The van der Waals surface area contributed by atoms with Crippen LogP contribution in [0.4, 0.5) is 4.79 Å². The molecule has 3 saturated heterocycles. The molecule has 0 N–H and O–H groups in total. The Morgan fingerprint density at radius 3 is 2.43 bits per heavy atom. The molecule has 114 valence electrons. The molecule has 0 saturated carbocycles. The Labute approximate surface area is 130 Å². The molecule has 0 aromatic carbocycles. The highest BCUT2D eigenvalue weighted by Gasteiger charge is 2.44. The van der Waals surface area contributed by atoms with E-state index in [-0.39, 0.29) is 0 Å². The third-order valence-corrected chi connectivity index (χ3v) is 6.30. The van der Waals surface area contributed by atoms with Gasteiger partial charge in [0.2, 0.25) is 0 Å². The normalized spacial score (nSPS) is 32.5. The minimum absolute atomic E-state index is 0.339. The molecule has 3 fully saturated rings. The predicted molar refractivity (Wildman–Crippen MR) is 85.8 cm³/mol. The number of thiophene rings is 1. The fourth-order valence-electron chi connectivity index (χ4n) is 4.52. The SMILES string of the molecule is O=C(N1CCCCC1)N1C2CCC1CC(c1ccsc1)C2. The monoisotopic (exact) mass is 304 g/mol. The maximum atomic E-state index is 12.9. The lowest BCUT2D eigenvalue weighted by atomic mass is 9.86. The first-order chi connectivity index (χ1) is 10.3. The fraction of sp³-hybridized carbons (Fsp3) is 0.706. The van der Waals surface area contributed by atoms with Crippen molar-refractivity contribution in [2.45, 2.75) is 62.9 Å². The quantitative estimate of drug-likeness (QED) is 0.767. The number of piperidine rings is 2. The van der Waals surface area contributed by atoms with Gasteiger partial charge in [-0.15, -0.1) is 0 Å². The maximum Gasteiger partial charge on any atom is 0.320 e. The van der Waals surface area contributed by atoms with Crippen LogP contribution in [-0.4, -0.2) is 41.0 Å². The molecule has 4 heteroatoms. The standard InChI is InChI=1S/C17H24N2OS/c20-17(18-7-2-1-3-8-18)19-15-4-5-16(19)11-14(10-15)13-6-9-21-12-13/h6,9,12,14-16H,1-5,7-8,10-11H2. The molecule has 21 heavy (non-hydrogen) atoms. The van der Waals surface area contributed by atoms with Gasteiger partial charge in [-0.2, -0.15) is 11.3 Å². The van der Waals surface area contributed by atoms with Gasteiger partial charge < -0.3 is 9.80 Å². The van der Waals surface area contributed by atoms with Gasteiger partial charge in [0.05, 0.1) is 0 Å². The van der Waals surface area contributed by atoms with Crippen molar-refractivity contribution in [1.82, 2.24) is 9.80 Å². The summed E-state index contributed by atoms with van der Waals surface area (Å²) >= 11 is 1.80. The van der Waals surface area contributed by atoms with Crippen molar-refractivity contribution >= 4 is 17.4 Å². The molecular weight excluding hydrogens is 280 g/mol. The summed E-state index contributed by atoms with van der Waals surface area (Å²) in [6.07, 6.45) is 8.44. The summed E-state index contributed by atoms with van der Waals surface area (Å²) in [6.45, 7) is 1.95. The molecular formula is C17H24N2OS. The van der Waals surface area contributed by atoms with Gasteiger partial charge >= 0.3 is 6.03 Å². The predicted octanol–water partition coefficient (Wildman–Crippen LogP) is 4.06. The average Bonchev–Trinajstić information content (AvgIpc) is 3.14. The highest BCUT2D eigenvalue weighted by atomic mass is 32.1. The van der Waals surface area contributed by atoms with Crippen molar-refractivity contribution in [2.75, 3.05) is 13.1 Å². The Kier molecular flexibility index (Phi) is 3.66. The van der Waals surface area contributed by atoms with Crippen molar-refractivity contribution in [2.24, 2.45) is 0 Å². The van der Waals surface area contributed by atoms with Gasteiger partial charge in [0, 0.05) is 25.2 Å². The van der Waals surface area contributed by atoms with E-state index in [0.29, 0.717) is 24.0 Å². The molecule has 3 aliphatic rings. The van der Waals surface area contributed by atoms with E-state index in [1.807, 2.05) is 0 Å². The zero-order chi connectivity index (χ0) is 14.2. The molecule has 1 aromatic rings. The van der Waals surface area contributed by atoms with Crippen LogP contribution in [0.1, 0.15) is 56.4 Å². The van der Waals surface area contributed by atoms with Gasteiger partial charge in [0.15, 0.2) is 0 Å². The van der Waals surface area contributed by atoms with Crippen LogP contribution in [0.3, 0.4) is 0 Å². The number of likely N-dealkylation sites (tertiary alicyclic amines) is 1. The summed E-state index contributed by atoms with van der Waals surface area (Å²) in [5, 5.41) is 4.48. The van der Waals surface area contributed by atoms with Crippen molar-refractivity contribution in [3.63, 3.8) is 0 Å². The lowest BCUT2D eigenvalue weighted by Gasteiger charge is -2.42. The Balaban J connectivity index is 1.47. The van der Waals surface area contributed by atoms with Gasteiger partial charge in [0.25, 0.3) is 0 Å². The Hall–Kier alpha value is -1.03. The van der Waals surface area contributed by atoms with Crippen LogP contribution in [0, 0.1) is 0 Å². The first-order valence-corrected chi connectivity index (χ1v) is 9.36. The molecule has 0 aliphatic carbocycles. The molecule has 1 aromatic heterocycles. The first kappa shape index (κ1) is 13.6.